The SMILES string of the molecule is CC(C)(C)NCc1ccnn1CCc1cccs1. The van der Waals surface area contributed by atoms with Gasteiger partial charge in [-0.25, -0.2) is 0 Å². The summed E-state index contributed by atoms with van der Waals surface area (Å²) >= 11 is 1.81. The first kappa shape index (κ1) is 13.3. The van der Waals surface area contributed by atoms with Gasteiger partial charge in [0.1, 0.15) is 0 Å². The van der Waals surface area contributed by atoms with E-state index in [4.69, 9.17) is 0 Å². The highest BCUT2D eigenvalue weighted by atomic mass is 32.1. The van der Waals surface area contributed by atoms with Gasteiger partial charge in [-0.3, -0.25) is 4.68 Å². The number of aromatic nitrogens is 2. The standard InChI is InChI=1S/C14H21N3S/c1-14(2,3)15-11-12-6-8-16-17(12)9-7-13-5-4-10-18-13/h4-6,8,10,15H,7,9,11H2,1-3H3. The van der Waals surface area contributed by atoms with E-state index in [9.17, 15) is 0 Å². The summed E-state index contributed by atoms with van der Waals surface area (Å²) < 4.78 is 2.10. The summed E-state index contributed by atoms with van der Waals surface area (Å²) in [7, 11) is 0. The van der Waals surface area contributed by atoms with Crippen LogP contribution in [0.3, 0.4) is 0 Å². The predicted octanol–water partition coefficient (Wildman–Crippen LogP) is 3.08. The lowest BCUT2D eigenvalue weighted by Crippen LogP contribution is -2.35. The van der Waals surface area contributed by atoms with Gasteiger partial charge in [-0.1, -0.05) is 6.07 Å². The van der Waals surface area contributed by atoms with Crippen molar-refractivity contribution in [2.24, 2.45) is 0 Å². The number of nitrogens with one attached hydrogen (secondary N) is 1. The van der Waals surface area contributed by atoms with Crippen LogP contribution in [0.25, 0.3) is 0 Å². The molecule has 2 aromatic heterocycles. The van der Waals surface area contributed by atoms with Gasteiger partial charge in [0, 0.05) is 36.1 Å². The molecule has 0 aliphatic carbocycles. The molecule has 0 atom stereocenters. The Morgan fingerprint density at radius 3 is 2.83 bits per heavy atom. The van der Waals surface area contributed by atoms with Crippen LogP contribution in [0.2, 0.25) is 0 Å². The van der Waals surface area contributed by atoms with Crippen LogP contribution < -0.4 is 5.32 Å². The van der Waals surface area contributed by atoms with Crippen molar-refractivity contribution in [3.8, 4) is 0 Å². The summed E-state index contributed by atoms with van der Waals surface area (Å²) in [5, 5.41) is 10.0. The number of rotatable bonds is 5. The van der Waals surface area contributed by atoms with Crippen LogP contribution in [-0.4, -0.2) is 15.3 Å². The smallest absolute Gasteiger partial charge is 0.0522 e. The topological polar surface area (TPSA) is 29.9 Å². The van der Waals surface area contributed by atoms with Gasteiger partial charge in [0.05, 0.1) is 5.69 Å². The van der Waals surface area contributed by atoms with Crippen LogP contribution in [0.1, 0.15) is 31.3 Å². The number of hydrogen-bond donors (Lipinski definition) is 1. The third-order valence-corrected chi connectivity index (χ3v) is 3.69. The number of hydrogen-bond acceptors (Lipinski definition) is 3. The molecule has 98 valence electrons. The maximum Gasteiger partial charge on any atom is 0.0522 e. The second-order valence-electron chi connectivity index (χ2n) is 5.48. The van der Waals surface area contributed by atoms with Crippen LogP contribution in [0.15, 0.2) is 29.8 Å². The third-order valence-electron chi connectivity index (χ3n) is 2.75. The van der Waals surface area contributed by atoms with Crippen LogP contribution >= 0.6 is 11.3 Å². The Balaban J connectivity index is 1.91. The molecule has 2 rings (SSSR count). The zero-order chi connectivity index (χ0) is 13.0. The largest absolute Gasteiger partial charge is 0.306 e. The van der Waals surface area contributed by atoms with Crippen molar-refractivity contribution in [3.05, 3.63) is 40.3 Å². The van der Waals surface area contributed by atoms with E-state index in [0.29, 0.717) is 0 Å². The Morgan fingerprint density at radius 1 is 1.33 bits per heavy atom. The van der Waals surface area contributed by atoms with Gasteiger partial charge in [-0.05, 0) is 38.3 Å². The van der Waals surface area contributed by atoms with Crippen molar-refractivity contribution in [1.82, 2.24) is 15.1 Å². The van der Waals surface area contributed by atoms with Crippen molar-refractivity contribution in [3.63, 3.8) is 0 Å². The minimum Gasteiger partial charge on any atom is -0.306 e. The molecular weight excluding hydrogens is 242 g/mol. The van der Waals surface area contributed by atoms with Gasteiger partial charge < -0.3 is 5.32 Å². The van der Waals surface area contributed by atoms with Gasteiger partial charge in [0.25, 0.3) is 0 Å². The Bertz CT molecular complexity index is 465. The molecular formula is C14H21N3S. The molecule has 1 N–H and O–H groups in total. The van der Waals surface area contributed by atoms with Crippen LogP contribution in [0, 0.1) is 0 Å². The molecule has 0 radical (unpaired) electrons. The van der Waals surface area contributed by atoms with Gasteiger partial charge >= 0.3 is 0 Å². The van der Waals surface area contributed by atoms with E-state index in [1.54, 1.807) is 0 Å². The van der Waals surface area contributed by atoms with Crippen molar-refractivity contribution in [2.45, 2.75) is 45.8 Å². The Labute approximate surface area is 113 Å². The zero-order valence-electron chi connectivity index (χ0n) is 11.3. The summed E-state index contributed by atoms with van der Waals surface area (Å²) in [4.78, 5) is 1.42. The normalized spacial score (nSPS) is 11.9. The number of aryl methyl sites for hydroxylation is 2. The van der Waals surface area contributed by atoms with E-state index in [1.165, 1.54) is 10.6 Å². The maximum atomic E-state index is 4.40. The second kappa shape index (κ2) is 5.67. The highest BCUT2D eigenvalue weighted by molar-refractivity contribution is 7.09. The van der Waals surface area contributed by atoms with E-state index in [2.05, 4.69) is 59.4 Å². The van der Waals surface area contributed by atoms with Crippen LogP contribution in [0.5, 0.6) is 0 Å². The van der Waals surface area contributed by atoms with Crippen molar-refractivity contribution in [1.29, 1.82) is 0 Å². The van der Waals surface area contributed by atoms with Gasteiger partial charge in [-0.2, -0.15) is 5.10 Å². The van der Waals surface area contributed by atoms with Crippen LogP contribution in [0.4, 0.5) is 0 Å². The van der Waals surface area contributed by atoms with E-state index >= 15 is 0 Å². The molecule has 0 aliphatic rings. The molecule has 0 saturated heterocycles. The van der Waals surface area contributed by atoms with Crippen LogP contribution in [-0.2, 0) is 19.5 Å². The summed E-state index contributed by atoms with van der Waals surface area (Å²) in [6.07, 6.45) is 2.94. The lowest BCUT2D eigenvalue weighted by molar-refractivity contribution is 0.411. The highest BCUT2D eigenvalue weighted by Gasteiger charge is 2.10. The zero-order valence-corrected chi connectivity index (χ0v) is 12.1. The number of thiophene rings is 1. The lowest BCUT2D eigenvalue weighted by Gasteiger charge is -2.20. The molecule has 0 spiro atoms. The fourth-order valence-corrected chi connectivity index (χ4v) is 2.44. The molecule has 0 bridgehead atoms. The maximum absolute atomic E-state index is 4.40. The summed E-state index contributed by atoms with van der Waals surface area (Å²) in [5.41, 5.74) is 1.39. The highest BCUT2D eigenvalue weighted by Crippen LogP contribution is 2.11. The fourth-order valence-electron chi connectivity index (χ4n) is 1.74. The Hall–Kier alpha value is -1.13. The van der Waals surface area contributed by atoms with Gasteiger partial charge in [0.15, 0.2) is 0 Å². The molecule has 0 fully saturated rings. The van der Waals surface area contributed by atoms with Crippen molar-refractivity contribution < 1.29 is 0 Å². The fraction of sp³-hybridized carbons (Fsp3) is 0.500. The molecule has 0 aliphatic heterocycles. The molecule has 0 saturated carbocycles. The Kier molecular flexibility index (Phi) is 4.19. The lowest BCUT2D eigenvalue weighted by atomic mass is 10.1. The quantitative estimate of drug-likeness (QED) is 0.898. The molecule has 4 heteroatoms. The molecule has 2 heterocycles. The first-order valence-electron chi connectivity index (χ1n) is 6.33. The predicted molar refractivity (Wildman–Crippen MR) is 76.8 cm³/mol. The Morgan fingerprint density at radius 2 is 2.17 bits per heavy atom. The first-order valence-corrected chi connectivity index (χ1v) is 7.21. The van der Waals surface area contributed by atoms with Crippen molar-refractivity contribution in [2.75, 3.05) is 0 Å². The minimum atomic E-state index is 0.142. The molecule has 2 aromatic rings. The third kappa shape index (κ3) is 3.96. The van der Waals surface area contributed by atoms with Gasteiger partial charge in [0.2, 0.25) is 0 Å². The van der Waals surface area contributed by atoms with E-state index in [1.807, 2.05) is 17.5 Å². The summed E-state index contributed by atoms with van der Waals surface area (Å²) in [6, 6.07) is 6.37. The average Bonchev–Trinajstić information content (AvgIpc) is 2.94. The van der Waals surface area contributed by atoms with E-state index in [-0.39, 0.29) is 5.54 Å². The summed E-state index contributed by atoms with van der Waals surface area (Å²) in [5.74, 6) is 0. The van der Waals surface area contributed by atoms with Crippen molar-refractivity contribution >= 4 is 11.3 Å². The average molecular weight is 263 g/mol. The molecule has 3 nitrogen and oxygen atoms in total. The molecule has 0 amide bonds. The van der Waals surface area contributed by atoms with E-state index in [0.717, 1.165) is 19.5 Å². The second-order valence-corrected chi connectivity index (χ2v) is 6.51. The first-order chi connectivity index (χ1) is 8.54. The molecule has 0 unspecified atom stereocenters. The minimum absolute atomic E-state index is 0.142. The number of nitrogens with zero attached hydrogens (tertiary/aromatic N) is 2. The van der Waals surface area contributed by atoms with Gasteiger partial charge in [-0.15, -0.1) is 11.3 Å². The summed E-state index contributed by atoms with van der Waals surface area (Å²) in [6.45, 7) is 8.36. The monoisotopic (exact) mass is 263 g/mol. The van der Waals surface area contributed by atoms with E-state index < -0.39 is 0 Å². The molecule has 0 aromatic carbocycles. The molecule has 18 heavy (non-hydrogen) atoms.